The number of fused-ring (bicyclic) bond motifs is 1. The summed E-state index contributed by atoms with van der Waals surface area (Å²) in [6.07, 6.45) is 8.36. The second-order valence-corrected chi connectivity index (χ2v) is 7.06. The van der Waals surface area contributed by atoms with Crippen molar-refractivity contribution in [3.63, 3.8) is 0 Å². The minimum Gasteiger partial charge on any atom is -0.374 e. The Bertz CT molecular complexity index is 629. The number of benzene rings is 1. The Hall–Kier alpha value is -1.73. The van der Waals surface area contributed by atoms with E-state index in [1.54, 1.807) is 12.1 Å². The maximum Gasteiger partial charge on any atom is 0.144 e. The molecule has 128 valence electrons. The summed E-state index contributed by atoms with van der Waals surface area (Å²) in [5.74, 6) is -0.0343. The van der Waals surface area contributed by atoms with Crippen molar-refractivity contribution in [1.29, 1.82) is 5.26 Å². The third-order valence-corrected chi connectivity index (χ3v) is 5.66. The van der Waals surface area contributed by atoms with E-state index in [4.69, 9.17) is 10.00 Å². The molecule has 3 rings (SSSR count). The third kappa shape index (κ3) is 3.52. The Morgan fingerprint density at radius 2 is 1.79 bits per heavy atom. The van der Waals surface area contributed by atoms with Crippen molar-refractivity contribution in [2.24, 2.45) is 11.8 Å². The Balaban J connectivity index is 1.66. The van der Waals surface area contributed by atoms with E-state index in [-0.39, 0.29) is 5.92 Å². The zero-order valence-corrected chi connectivity index (χ0v) is 13.8. The number of hydrogen-bond acceptors (Lipinski definition) is 2. The van der Waals surface area contributed by atoms with Gasteiger partial charge in [0.05, 0.1) is 12.7 Å². The first-order valence-corrected chi connectivity index (χ1v) is 8.74. The summed E-state index contributed by atoms with van der Waals surface area (Å²) < 4.78 is 33.6. The molecule has 24 heavy (non-hydrogen) atoms. The second-order valence-electron chi connectivity index (χ2n) is 7.06. The van der Waals surface area contributed by atoms with Crippen LogP contribution in [0.5, 0.6) is 0 Å². The molecule has 2 aliphatic rings. The lowest BCUT2D eigenvalue weighted by atomic mass is 9.65. The molecular formula is C20H23F2NO. The number of rotatable bonds is 4. The van der Waals surface area contributed by atoms with Gasteiger partial charge in [0.25, 0.3) is 0 Å². The zero-order chi connectivity index (χ0) is 17.1. The first kappa shape index (κ1) is 17.1. The Morgan fingerprint density at radius 1 is 1.12 bits per heavy atom. The monoisotopic (exact) mass is 331 g/mol. The normalized spacial score (nSPS) is 29.5. The number of ether oxygens (including phenoxy) is 1. The summed E-state index contributed by atoms with van der Waals surface area (Å²) in [5, 5.41) is 8.79. The van der Waals surface area contributed by atoms with Crippen LogP contribution in [-0.2, 0) is 4.74 Å². The van der Waals surface area contributed by atoms with Gasteiger partial charge in [-0.25, -0.2) is 8.78 Å². The molecule has 0 spiro atoms. The smallest absolute Gasteiger partial charge is 0.144 e. The number of halogens is 2. The molecule has 0 heterocycles. The van der Waals surface area contributed by atoms with Crippen molar-refractivity contribution in [3.05, 3.63) is 47.5 Å². The highest BCUT2D eigenvalue weighted by Crippen LogP contribution is 2.46. The predicted octanol–water partition coefficient (Wildman–Crippen LogP) is 5.09. The standard InChI is InChI=1S/C20H23F2NO/c1-2-7-24-17-6-5-13-8-14(3-4-15(13)9-17)16-10-19(21)18(12-23)20(22)11-16/h2,10-11,13-15,17H,1,3-9H2. The highest BCUT2D eigenvalue weighted by Gasteiger charge is 2.36. The van der Waals surface area contributed by atoms with Crippen LogP contribution in [0.3, 0.4) is 0 Å². The molecule has 1 aromatic carbocycles. The fraction of sp³-hybridized carbons (Fsp3) is 0.550. The van der Waals surface area contributed by atoms with Gasteiger partial charge in [0.15, 0.2) is 0 Å². The van der Waals surface area contributed by atoms with Crippen molar-refractivity contribution < 1.29 is 13.5 Å². The SMILES string of the molecule is C=CCOC1CCC2CC(c3cc(F)c(C#N)c(F)c3)CCC2C1. The molecule has 2 nitrogen and oxygen atoms in total. The van der Waals surface area contributed by atoms with Crippen molar-refractivity contribution in [3.8, 4) is 6.07 Å². The van der Waals surface area contributed by atoms with Crippen LogP contribution in [0, 0.1) is 34.8 Å². The van der Waals surface area contributed by atoms with Crippen molar-refractivity contribution in [1.82, 2.24) is 0 Å². The molecule has 1 aromatic rings. The maximum atomic E-state index is 13.9. The van der Waals surface area contributed by atoms with Crippen LogP contribution in [0.15, 0.2) is 24.8 Å². The largest absolute Gasteiger partial charge is 0.374 e. The average molecular weight is 331 g/mol. The Kier molecular flexibility index (Phi) is 5.30. The van der Waals surface area contributed by atoms with Gasteiger partial charge in [-0.15, -0.1) is 6.58 Å². The molecule has 2 fully saturated rings. The van der Waals surface area contributed by atoms with Gasteiger partial charge < -0.3 is 4.74 Å². The van der Waals surface area contributed by atoms with Crippen molar-refractivity contribution >= 4 is 0 Å². The Labute approximate surface area is 142 Å². The fourth-order valence-electron chi connectivity index (χ4n) is 4.44. The lowest BCUT2D eigenvalue weighted by Crippen LogP contribution is -2.33. The first-order chi connectivity index (χ1) is 11.6. The quantitative estimate of drug-likeness (QED) is 0.720. The summed E-state index contributed by atoms with van der Waals surface area (Å²) >= 11 is 0. The van der Waals surface area contributed by atoms with E-state index in [1.807, 2.05) is 0 Å². The lowest BCUT2D eigenvalue weighted by molar-refractivity contribution is -0.00312. The minimum absolute atomic E-state index is 0.189. The van der Waals surface area contributed by atoms with Gasteiger partial charge in [-0.2, -0.15) is 5.26 Å². The van der Waals surface area contributed by atoms with Gasteiger partial charge in [0, 0.05) is 0 Å². The van der Waals surface area contributed by atoms with Crippen LogP contribution in [0.4, 0.5) is 8.78 Å². The number of hydrogen-bond donors (Lipinski definition) is 0. The predicted molar refractivity (Wildman–Crippen MR) is 88.4 cm³/mol. The first-order valence-electron chi connectivity index (χ1n) is 8.74. The van der Waals surface area contributed by atoms with E-state index in [0.717, 1.165) is 38.5 Å². The van der Waals surface area contributed by atoms with Gasteiger partial charge in [0.2, 0.25) is 0 Å². The fourth-order valence-corrected chi connectivity index (χ4v) is 4.44. The Morgan fingerprint density at radius 3 is 2.46 bits per heavy atom. The van der Waals surface area contributed by atoms with Crippen LogP contribution in [0.1, 0.15) is 55.6 Å². The van der Waals surface area contributed by atoms with E-state index >= 15 is 0 Å². The maximum absolute atomic E-state index is 13.9. The molecular weight excluding hydrogens is 308 g/mol. The highest BCUT2D eigenvalue weighted by atomic mass is 19.1. The second kappa shape index (κ2) is 7.44. The minimum atomic E-state index is -0.740. The van der Waals surface area contributed by atoms with E-state index in [9.17, 15) is 8.78 Å². The molecule has 4 atom stereocenters. The van der Waals surface area contributed by atoms with Crippen molar-refractivity contribution in [2.45, 2.75) is 50.5 Å². The van der Waals surface area contributed by atoms with Crippen LogP contribution in [0.25, 0.3) is 0 Å². The topological polar surface area (TPSA) is 33.0 Å². The molecule has 0 amide bonds. The molecule has 4 unspecified atom stereocenters. The van der Waals surface area contributed by atoms with Crippen LogP contribution >= 0.6 is 0 Å². The van der Waals surface area contributed by atoms with Crippen LogP contribution < -0.4 is 0 Å². The van der Waals surface area contributed by atoms with Crippen molar-refractivity contribution in [2.75, 3.05) is 6.61 Å². The molecule has 2 aliphatic carbocycles. The van der Waals surface area contributed by atoms with Gasteiger partial charge >= 0.3 is 0 Å². The van der Waals surface area contributed by atoms with Crippen LogP contribution in [-0.4, -0.2) is 12.7 Å². The molecule has 0 N–H and O–H groups in total. The van der Waals surface area contributed by atoms with E-state index in [1.165, 1.54) is 12.1 Å². The van der Waals surface area contributed by atoms with Crippen LogP contribution in [0.2, 0.25) is 0 Å². The lowest BCUT2D eigenvalue weighted by Gasteiger charge is -2.42. The molecule has 0 saturated heterocycles. The molecule has 0 radical (unpaired) electrons. The molecule has 0 aromatic heterocycles. The number of nitrogens with zero attached hydrogens (tertiary/aromatic N) is 1. The van der Waals surface area contributed by atoms with Gasteiger partial charge in [-0.05, 0) is 74.0 Å². The van der Waals surface area contributed by atoms with Gasteiger partial charge in [0.1, 0.15) is 23.3 Å². The summed E-state index contributed by atoms with van der Waals surface area (Å²) in [4.78, 5) is 0. The molecule has 4 heteroatoms. The highest BCUT2D eigenvalue weighted by molar-refractivity contribution is 5.36. The summed E-state index contributed by atoms with van der Waals surface area (Å²) in [6, 6.07) is 4.29. The molecule has 0 aliphatic heterocycles. The van der Waals surface area contributed by atoms with E-state index in [2.05, 4.69) is 6.58 Å². The van der Waals surface area contributed by atoms with Gasteiger partial charge in [-0.3, -0.25) is 0 Å². The summed E-state index contributed by atoms with van der Waals surface area (Å²) in [6.45, 7) is 4.30. The average Bonchev–Trinajstić information content (AvgIpc) is 2.59. The zero-order valence-electron chi connectivity index (χ0n) is 13.8. The number of nitriles is 1. The summed E-state index contributed by atoms with van der Waals surface area (Å²) in [7, 11) is 0. The van der Waals surface area contributed by atoms with Gasteiger partial charge in [-0.1, -0.05) is 6.08 Å². The third-order valence-electron chi connectivity index (χ3n) is 5.66. The molecule has 0 bridgehead atoms. The summed E-state index contributed by atoms with van der Waals surface area (Å²) in [5.41, 5.74) is 0.222. The van der Waals surface area contributed by atoms with E-state index in [0.29, 0.717) is 30.1 Å². The molecule has 2 saturated carbocycles. The van der Waals surface area contributed by atoms with E-state index < -0.39 is 17.2 Å².